The Morgan fingerprint density at radius 1 is 1.16 bits per heavy atom. The highest BCUT2D eigenvalue weighted by Crippen LogP contribution is 2.06. The van der Waals surface area contributed by atoms with Gasteiger partial charge in [-0.25, -0.2) is 9.78 Å². The summed E-state index contributed by atoms with van der Waals surface area (Å²) in [7, 11) is 0. The lowest BCUT2D eigenvalue weighted by Crippen LogP contribution is -2.51. The molecule has 0 aromatic carbocycles. The molecule has 10 heteroatoms. The van der Waals surface area contributed by atoms with Crippen LogP contribution in [0.4, 0.5) is 0 Å². The minimum absolute atomic E-state index is 0.0207. The van der Waals surface area contributed by atoms with E-state index in [-0.39, 0.29) is 19.3 Å². The zero-order chi connectivity index (χ0) is 18.8. The fourth-order valence-electron chi connectivity index (χ4n) is 2.23. The maximum atomic E-state index is 12.3. The average Bonchev–Trinajstić information content (AvgIpc) is 3.01. The summed E-state index contributed by atoms with van der Waals surface area (Å²) in [5, 5.41) is 22.7. The summed E-state index contributed by atoms with van der Waals surface area (Å²) in [5.41, 5.74) is 0.547. The molecule has 10 nitrogen and oxygen atoms in total. The largest absolute Gasteiger partial charge is 0.481 e. The molecule has 0 radical (unpaired) electrons. The van der Waals surface area contributed by atoms with Gasteiger partial charge in [0.25, 0.3) is 0 Å². The number of carbonyl (C=O) groups excluding carboxylic acids is 2. The molecule has 0 fully saturated rings. The number of aromatic amines is 1. The first-order valence-corrected chi connectivity index (χ1v) is 7.79. The van der Waals surface area contributed by atoms with Crippen LogP contribution in [0.5, 0.6) is 0 Å². The number of aromatic nitrogens is 2. The van der Waals surface area contributed by atoms with E-state index in [0.717, 1.165) is 0 Å². The van der Waals surface area contributed by atoms with Gasteiger partial charge < -0.3 is 25.8 Å². The number of nitrogens with zero attached hydrogens (tertiary/aromatic N) is 1. The summed E-state index contributed by atoms with van der Waals surface area (Å²) in [6.07, 6.45) is 3.82. The zero-order valence-electron chi connectivity index (χ0n) is 13.8. The molecule has 138 valence electrons. The van der Waals surface area contributed by atoms with Crippen LogP contribution >= 0.6 is 0 Å². The standard InChI is InChI=1S/C15H22N4O6/c1-9(20)18-11(4-2-3-5-13(21)22)14(23)19-12(15(24)25)6-10-7-16-8-17-10/h7-8,11-12H,2-6H2,1H3,(H,16,17)(H,18,20)(H,19,23)(H,21,22)(H,24,25). The third kappa shape index (κ3) is 7.95. The van der Waals surface area contributed by atoms with Gasteiger partial charge in [-0.2, -0.15) is 0 Å². The number of rotatable bonds is 11. The van der Waals surface area contributed by atoms with Crippen LogP contribution in [0.15, 0.2) is 12.5 Å². The second-order valence-corrected chi connectivity index (χ2v) is 5.57. The molecule has 0 spiro atoms. The molecule has 1 aromatic heterocycles. The number of carboxylic acid groups (broad SMARTS) is 2. The number of amides is 2. The van der Waals surface area contributed by atoms with Crippen LogP contribution in [0.3, 0.4) is 0 Å². The number of hydrogen-bond donors (Lipinski definition) is 5. The SMILES string of the molecule is CC(=O)NC(CCCCC(=O)O)C(=O)NC(Cc1cnc[nH]1)C(=O)O. The number of carbonyl (C=O) groups is 4. The van der Waals surface area contributed by atoms with Gasteiger partial charge in [0.05, 0.1) is 6.33 Å². The van der Waals surface area contributed by atoms with Gasteiger partial charge >= 0.3 is 11.9 Å². The van der Waals surface area contributed by atoms with Crippen molar-refractivity contribution in [1.29, 1.82) is 0 Å². The molecular weight excluding hydrogens is 332 g/mol. The van der Waals surface area contributed by atoms with Crippen LogP contribution in [0.25, 0.3) is 0 Å². The molecule has 1 aromatic rings. The molecule has 0 aliphatic heterocycles. The summed E-state index contributed by atoms with van der Waals surface area (Å²) in [5.74, 6) is -3.21. The van der Waals surface area contributed by atoms with E-state index >= 15 is 0 Å². The molecule has 5 N–H and O–H groups in total. The Labute approximate surface area is 144 Å². The van der Waals surface area contributed by atoms with Crippen molar-refractivity contribution >= 4 is 23.8 Å². The molecular formula is C15H22N4O6. The summed E-state index contributed by atoms with van der Waals surface area (Å²) >= 11 is 0. The molecule has 0 saturated heterocycles. The Kier molecular flexibility index (Phi) is 8.10. The lowest BCUT2D eigenvalue weighted by Gasteiger charge is -2.20. The van der Waals surface area contributed by atoms with Crippen LogP contribution in [-0.4, -0.2) is 56.0 Å². The number of unbranched alkanes of at least 4 members (excludes halogenated alkanes) is 1. The van der Waals surface area contributed by atoms with Gasteiger partial charge in [0.15, 0.2) is 0 Å². The van der Waals surface area contributed by atoms with Gasteiger partial charge in [-0.3, -0.25) is 14.4 Å². The smallest absolute Gasteiger partial charge is 0.326 e. The van der Waals surface area contributed by atoms with Crippen LogP contribution in [0.1, 0.15) is 38.3 Å². The van der Waals surface area contributed by atoms with Crippen molar-refractivity contribution in [2.24, 2.45) is 0 Å². The van der Waals surface area contributed by atoms with E-state index in [4.69, 9.17) is 5.11 Å². The van der Waals surface area contributed by atoms with E-state index < -0.39 is 35.8 Å². The van der Waals surface area contributed by atoms with Crippen molar-refractivity contribution in [1.82, 2.24) is 20.6 Å². The van der Waals surface area contributed by atoms with Crippen molar-refractivity contribution in [3.8, 4) is 0 Å². The molecule has 25 heavy (non-hydrogen) atoms. The molecule has 2 atom stereocenters. The van der Waals surface area contributed by atoms with Crippen molar-refractivity contribution in [2.45, 2.75) is 51.1 Å². The van der Waals surface area contributed by atoms with E-state index in [9.17, 15) is 24.3 Å². The molecule has 0 aliphatic rings. The number of aliphatic carboxylic acids is 2. The summed E-state index contributed by atoms with van der Waals surface area (Å²) in [6.45, 7) is 1.25. The zero-order valence-corrected chi connectivity index (χ0v) is 13.8. The van der Waals surface area contributed by atoms with Crippen molar-refractivity contribution in [3.63, 3.8) is 0 Å². The Balaban J connectivity index is 2.64. The quantitative estimate of drug-likeness (QED) is 0.340. The average molecular weight is 354 g/mol. The van der Waals surface area contributed by atoms with E-state index in [2.05, 4.69) is 20.6 Å². The minimum Gasteiger partial charge on any atom is -0.481 e. The molecule has 1 heterocycles. The molecule has 0 bridgehead atoms. The van der Waals surface area contributed by atoms with Crippen LogP contribution < -0.4 is 10.6 Å². The summed E-state index contributed by atoms with van der Waals surface area (Å²) in [6, 6.07) is -2.10. The predicted molar refractivity (Wildman–Crippen MR) is 85.6 cm³/mol. The van der Waals surface area contributed by atoms with Gasteiger partial charge in [0.1, 0.15) is 12.1 Å². The second kappa shape index (κ2) is 10.1. The number of nitrogens with one attached hydrogen (secondary N) is 3. The van der Waals surface area contributed by atoms with Gasteiger partial charge in [-0.1, -0.05) is 6.42 Å². The number of imidazole rings is 1. The van der Waals surface area contributed by atoms with Gasteiger partial charge in [0.2, 0.25) is 11.8 Å². The highest BCUT2D eigenvalue weighted by molar-refractivity contribution is 5.90. The van der Waals surface area contributed by atoms with Crippen LogP contribution in [0, 0.1) is 0 Å². The third-order valence-corrected chi connectivity index (χ3v) is 3.42. The molecule has 2 unspecified atom stereocenters. The van der Waals surface area contributed by atoms with Gasteiger partial charge in [-0.05, 0) is 12.8 Å². The summed E-state index contributed by atoms with van der Waals surface area (Å²) in [4.78, 5) is 52.0. The van der Waals surface area contributed by atoms with E-state index in [0.29, 0.717) is 18.5 Å². The Hall–Kier alpha value is -2.91. The highest BCUT2D eigenvalue weighted by Gasteiger charge is 2.26. The first-order chi connectivity index (χ1) is 11.8. The van der Waals surface area contributed by atoms with Crippen molar-refractivity contribution in [2.75, 3.05) is 0 Å². The lowest BCUT2D eigenvalue weighted by atomic mass is 10.1. The van der Waals surface area contributed by atoms with Crippen molar-refractivity contribution in [3.05, 3.63) is 18.2 Å². The Morgan fingerprint density at radius 3 is 2.40 bits per heavy atom. The number of carboxylic acids is 2. The molecule has 2 amide bonds. The van der Waals surface area contributed by atoms with E-state index in [1.165, 1.54) is 19.4 Å². The van der Waals surface area contributed by atoms with Crippen LogP contribution in [-0.2, 0) is 25.6 Å². The predicted octanol–water partition coefficient (Wildman–Crippen LogP) is -0.329. The normalized spacial score (nSPS) is 12.8. The Bertz CT molecular complexity index is 601. The third-order valence-electron chi connectivity index (χ3n) is 3.42. The second-order valence-electron chi connectivity index (χ2n) is 5.57. The topological polar surface area (TPSA) is 161 Å². The van der Waals surface area contributed by atoms with E-state index in [1.54, 1.807) is 0 Å². The maximum Gasteiger partial charge on any atom is 0.326 e. The molecule has 0 saturated carbocycles. The fourth-order valence-corrected chi connectivity index (χ4v) is 2.23. The van der Waals surface area contributed by atoms with E-state index in [1.807, 2.05) is 0 Å². The van der Waals surface area contributed by atoms with Crippen molar-refractivity contribution < 1.29 is 29.4 Å². The maximum absolute atomic E-state index is 12.3. The number of H-pyrrole nitrogens is 1. The monoisotopic (exact) mass is 354 g/mol. The first kappa shape index (κ1) is 20.1. The highest BCUT2D eigenvalue weighted by atomic mass is 16.4. The summed E-state index contributed by atoms with van der Waals surface area (Å²) < 4.78 is 0. The van der Waals surface area contributed by atoms with Crippen LogP contribution in [0.2, 0.25) is 0 Å². The molecule has 0 aliphatic carbocycles. The Morgan fingerprint density at radius 2 is 1.88 bits per heavy atom. The van der Waals surface area contributed by atoms with Gasteiger partial charge in [0, 0.05) is 31.7 Å². The lowest BCUT2D eigenvalue weighted by molar-refractivity contribution is -0.142. The first-order valence-electron chi connectivity index (χ1n) is 7.79. The fraction of sp³-hybridized carbons (Fsp3) is 0.533. The van der Waals surface area contributed by atoms with Gasteiger partial charge in [-0.15, -0.1) is 0 Å². The number of hydrogen-bond acceptors (Lipinski definition) is 5. The molecule has 1 rings (SSSR count). The minimum atomic E-state index is -1.21.